The minimum atomic E-state index is -0.268. The molecule has 0 fully saturated rings. The zero-order chi connectivity index (χ0) is 11.7. The summed E-state index contributed by atoms with van der Waals surface area (Å²) in [6.07, 6.45) is 3.03. The highest BCUT2D eigenvalue weighted by Crippen LogP contribution is 2.29. The van der Waals surface area contributed by atoms with E-state index >= 15 is 0 Å². The van der Waals surface area contributed by atoms with Crippen LogP contribution in [0.4, 0.5) is 0 Å². The first-order chi connectivity index (χ1) is 7.65. The van der Waals surface area contributed by atoms with E-state index in [0.29, 0.717) is 12.1 Å². The van der Waals surface area contributed by atoms with Crippen molar-refractivity contribution in [3.8, 4) is 0 Å². The van der Waals surface area contributed by atoms with E-state index in [-0.39, 0.29) is 11.8 Å². The number of hydrogen-bond acceptors (Lipinski definition) is 2. The number of halogens is 1. The Morgan fingerprint density at radius 2 is 2.25 bits per heavy atom. The maximum absolute atomic E-state index is 11.9. The smallest absolute Gasteiger partial charge is 0.261 e. The lowest BCUT2D eigenvalue weighted by Gasteiger charge is -2.10. The summed E-state index contributed by atoms with van der Waals surface area (Å²) in [5, 5.41) is 0. The van der Waals surface area contributed by atoms with Gasteiger partial charge in [-0.25, -0.2) is 0 Å². The van der Waals surface area contributed by atoms with Gasteiger partial charge in [0.05, 0.1) is 6.54 Å². The van der Waals surface area contributed by atoms with Crippen LogP contribution in [-0.4, -0.2) is 16.7 Å². The van der Waals surface area contributed by atoms with E-state index in [9.17, 15) is 9.59 Å². The largest absolute Gasteiger partial charge is 0.270 e. The van der Waals surface area contributed by atoms with Crippen LogP contribution < -0.4 is 0 Å². The van der Waals surface area contributed by atoms with Crippen LogP contribution in [0.3, 0.4) is 0 Å². The molecule has 1 aromatic carbocycles. The summed E-state index contributed by atoms with van der Waals surface area (Å²) in [7, 11) is 0. The minimum absolute atomic E-state index is 0.223. The Bertz CT molecular complexity index is 494. The van der Waals surface area contributed by atoms with Crippen molar-refractivity contribution in [3.05, 3.63) is 46.0 Å². The molecule has 0 atom stereocenters. The second-order valence-electron chi connectivity index (χ2n) is 3.50. The SMILES string of the molecule is C/C=C/C(=O)N1Cc2c(Br)cccc2C1=O. The molecule has 2 rings (SSSR count). The molecule has 16 heavy (non-hydrogen) atoms. The number of allylic oxidation sites excluding steroid dienone is 1. The van der Waals surface area contributed by atoms with Crippen molar-refractivity contribution in [2.24, 2.45) is 0 Å². The first-order valence-corrected chi connectivity index (χ1v) is 5.70. The number of hydrogen-bond donors (Lipinski definition) is 0. The molecule has 3 nitrogen and oxygen atoms in total. The van der Waals surface area contributed by atoms with Gasteiger partial charge in [-0.2, -0.15) is 0 Å². The first kappa shape index (κ1) is 11.1. The van der Waals surface area contributed by atoms with Gasteiger partial charge in [0.2, 0.25) is 0 Å². The first-order valence-electron chi connectivity index (χ1n) is 4.91. The Morgan fingerprint density at radius 3 is 2.88 bits per heavy atom. The number of rotatable bonds is 1. The van der Waals surface area contributed by atoms with Crippen LogP contribution in [0.15, 0.2) is 34.8 Å². The van der Waals surface area contributed by atoms with Crippen molar-refractivity contribution in [2.45, 2.75) is 13.5 Å². The Hall–Kier alpha value is -1.42. The van der Waals surface area contributed by atoms with Gasteiger partial charge in [-0.3, -0.25) is 14.5 Å². The Morgan fingerprint density at radius 1 is 1.50 bits per heavy atom. The van der Waals surface area contributed by atoms with Crippen LogP contribution in [0.2, 0.25) is 0 Å². The van der Waals surface area contributed by atoms with E-state index in [4.69, 9.17) is 0 Å². The van der Waals surface area contributed by atoms with Crippen LogP contribution in [0, 0.1) is 0 Å². The van der Waals surface area contributed by atoms with E-state index in [1.54, 1.807) is 25.1 Å². The van der Waals surface area contributed by atoms with Gasteiger partial charge in [0.25, 0.3) is 11.8 Å². The molecule has 1 heterocycles. The van der Waals surface area contributed by atoms with E-state index in [0.717, 1.165) is 10.0 Å². The number of benzene rings is 1. The summed E-state index contributed by atoms with van der Waals surface area (Å²) in [5.41, 5.74) is 1.48. The third-order valence-corrected chi connectivity index (χ3v) is 3.23. The highest BCUT2D eigenvalue weighted by molar-refractivity contribution is 9.10. The highest BCUT2D eigenvalue weighted by atomic mass is 79.9. The second-order valence-corrected chi connectivity index (χ2v) is 4.35. The average Bonchev–Trinajstić information content (AvgIpc) is 2.59. The van der Waals surface area contributed by atoms with Gasteiger partial charge < -0.3 is 0 Å². The third kappa shape index (κ3) is 1.69. The fraction of sp³-hybridized carbons (Fsp3) is 0.167. The maximum Gasteiger partial charge on any atom is 0.261 e. The second kappa shape index (κ2) is 4.22. The highest BCUT2D eigenvalue weighted by Gasteiger charge is 2.31. The Kier molecular flexibility index (Phi) is 2.92. The summed E-state index contributed by atoms with van der Waals surface area (Å²) in [5.74, 6) is -0.491. The summed E-state index contributed by atoms with van der Waals surface area (Å²) >= 11 is 3.38. The zero-order valence-electron chi connectivity index (χ0n) is 8.74. The Balaban J connectivity index is 2.38. The normalized spacial score (nSPS) is 14.6. The molecule has 0 saturated heterocycles. The number of carbonyl (C=O) groups excluding carboxylic acids is 2. The quantitative estimate of drug-likeness (QED) is 0.741. The molecule has 0 bridgehead atoms. The maximum atomic E-state index is 11.9. The van der Waals surface area contributed by atoms with E-state index in [2.05, 4.69) is 15.9 Å². The molecule has 0 aromatic heterocycles. The molecule has 2 amide bonds. The molecular formula is C12H10BrNO2. The predicted octanol–water partition coefficient (Wildman–Crippen LogP) is 2.51. The lowest BCUT2D eigenvalue weighted by molar-refractivity contribution is -0.123. The summed E-state index contributed by atoms with van der Waals surface area (Å²) in [4.78, 5) is 24.8. The molecule has 4 heteroatoms. The Labute approximate surface area is 102 Å². The van der Waals surface area contributed by atoms with Gasteiger partial charge in [0, 0.05) is 10.0 Å². The number of amides is 2. The molecule has 0 unspecified atom stereocenters. The average molecular weight is 280 g/mol. The van der Waals surface area contributed by atoms with Crippen LogP contribution in [-0.2, 0) is 11.3 Å². The zero-order valence-corrected chi connectivity index (χ0v) is 10.3. The van der Waals surface area contributed by atoms with E-state index in [1.807, 2.05) is 6.07 Å². The fourth-order valence-electron chi connectivity index (χ4n) is 1.71. The van der Waals surface area contributed by atoms with Crippen LogP contribution in [0.1, 0.15) is 22.8 Å². The van der Waals surface area contributed by atoms with Gasteiger partial charge in [-0.1, -0.05) is 28.1 Å². The molecule has 82 valence electrons. The number of carbonyl (C=O) groups is 2. The van der Waals surface area contributed by atoms with Crippen molar-refractivity contribution >= 4 is 27.7 Å². The third-order valence-electron chi connectivity index (χ3n) is 2.49. The van der Waals surface area contributed by atoms with Crippen LogP contribution >= 0.6 is 15.9 Å². The fourth-order valence-corrected chi connectivity index (χ4v) is 2.20. The van der Waals surface area contributed by atoms with Gasteiger partial charge >= 0.3 is 0 Å². The van der Waals surface area contributed by atoms with Crippen molar-refractivity contribution in [2.75, 3.05) is 0 Å². The van der Waals surface area contributed by atoms with Crippen molar-refractivity contribution in [1.29, 1.82) is 0 Å². The van der Waals surface area contributed by atoms with Gasteiger partial charge in [-0.05, 0) is 30.7 Å². The van der Waals surface area contributed by atoms with Gasteiger partial charge in [0.1, 0.15) is 0 Å². The van der Waals surface area contributed by atoms with Crippen molar-refractivity contribution in [1.82, 2.24) is 4.90 Å². The van der Waals surface area contributed by atoms with Crippen LogP contribution in [0.25, 0.3) is 0 Å². The number of nitrogens with zero attached hydrogens (tertiary/aromatic N) is 1. The molecule has 1 aromatic rings. The summed E-state index contributed by atoms with van der Waals surface area (Å²) < 4.78 is 0.870. The number of fused-ring (bicyclic) bond motifs is 1. The van der Waals surface area contributed by atoms with Gasteiger partial charge in [-0.15, -0.1) is 0 Å². The summed E-state index contributed by atoms with van der Waals surface area (Å²) in [6, 6.07) is 5.41. The topological polar surface area (TPSA) is 37.4 Å². The minimum Gasteiger partial charge on any atom is -0.270 e. The van der Waals surface area contributed by atoms with E-state index in [1.165, 1.54) is 11.0 Å². The van der Waals surface area contributed by atoms with Crippen LogP contribution in [0.5, 0.6) is 0 Å². The molecule has 0 saturated carbocycles. The molecule has 0 spiro atoms. The van der Waals surface area contributed by atoms with Crippen molar-refractivity contribution in [3.63, 3.8) is 0 Å². The standard InChI is InChI=1S/C12H10BrNO2/c1-2-4-11(15)14-7-9-8(12(14)16)5-3-6-10(9)13/h2-6H,7H2,1H3/b4-2+. The monoisotopic (exact) mass is 279 g/mol. The van der Waals surface area contributed by atoms with Crippen molar-refractivity contribution < 1.29 is 9.59 Å². The van der Waals surface area contributed by atoms with Gasteiger partial charge in [0.15, 0.2) is 0 Å². The molecule has 0 radical (unpaired) electrons. The predicted molar refractivity (Wildman–Crippen MR) is 63.8 cm³/mol. The molecule has 0 N–H and O–H groups in total. The molecular weight excluding hydrogens is 270 g/mol. The molecule has 0 aliphatic carbocycles. The van der Waals surface area contributed by atoms with E-state index < -0.39 is 0 Å². The molecule has 1 aliphatic rings. The summed E-state index contributed by atoms with van der Waals surface area (Å²) in [6.45, 7) is 2.10. The lowest BCUT2D eigenvalue weighted by atomic mass is 10.1. The lowest BCUT2D eigenvalue weighted by Crippen LogP contribution is -2.29. The number of imide groups is 1. The molecule has 1 aliphatic heterocycles.